The third kappa shape index (κ3) is 2.02. The van der Waals surface area contributed by atoms with E-state index in [1.165, 1.54) is 18.3 Å². The zero-order valence-electron chi connectivity index (χ0n) is 8.39. The van der Waals surface area contributed by atoms with Crippen molar-refractivity contribution in [2.45, 2.75) is 12.7 Å². The van der Waals surface area contributed by atoms with Crippen molar-refractivity contribution in [3.05, 3.63) is 46.2 Å². The molecule has 0 N–H and O–H groups in total. The summed E-state index contributed by atoms with van der Waals surface area (Å²) >= 11 is 0. The minimum atomic E-state index is -4.54. The van der Waals surface area contributed by atoms with Crippen molar-refractivity contribution in [2.24, 2.45) is 5.11 Å². The van der Waals surface area contributed by atoms with Crippen molar-refractivity contribution < 1.29 is 13.2 Å². The summed E-state index contributed by atoms with van der Waals surface area (Å²) in [6.45, 7) is -0.424. The van der Waals surface area contributed by atoms with E-state index in [1.54, 1.807) is 6.07 Å². The van der Waals surface area contributed by atoms with E-state index in [9.17, 15) is 13.2 Å². The van der Waals surface area contributed by atoms with Crippen LogP contribution in [0.5, 0.6) is 0 Å². The second-order valence-corrected chi connectivity index (χ2v) is 3.22. The van der Waals surface area contributed by atoms with Crippen LogP contribution < -0.4 is 0 Å². The van der Waals surface area contributed by atoms with Gasteiger partial charge in [-0.15, -0.1) is 0 Å². The van der Waals surface area contributed by atoms with Crippen molar-refractivity contribution >= 4 is 5.65 Å². The molecule has 88 valence electrons. The molecule has 2 aromatic rings. The van der Waals surface area contributed by atoms with Crippen molar-refractivity contribution in [1.29, 1.82) is 0 Å². The molecule has 17 heavy (non-hydrogen) atoms. The monoisotopic (exact) mass is 241 g/mol. The van der Waals surface area contributed by atoms with Crippen LogP contribution in [0.15, 0.2) is 29.5 Å². The number of azide groups is 1. The first kappa shape index (κ1) is 11.3. The molecule has 8 heteroatoms. The molecule has 2 heterocycles. The molecule has 0 saturated carbocycles. The minimum Gasteiger partial charge on any atom is -0.296 e. The first-order chi connectivity index (χ1) is 8.04. The molecule has 0 aromatic carbocycles. The van der Waals surface area contributed by atoms with Crippen molar-refractivity contribution in [3.8, 4) is 0 Å². The van der Waals surface area contributed by atoms with Gasteiger partial charge in [0, 0.05) is 11.1 Å². The number of hydrogen-bond donors (Lipinski definition) is 0. The molecule has 0 spiro atoms. The van der Waals surface area contributed by atoms with Gasteiger partial charge < -0.3 is 0 Å². The molecular weight excluding hydrogens is 235 g/mol. The normalized spacial score (nSPS) is 11.5. The van der Waals surface area contributed by atoms with Gasteiger partial charge in [-0.3, -0.25) is 4.40 Å². The van der Waals surface area contributed by atoms with Crippen LogP contribution in [0.3, 0.4) is 0 Å². The number of alkyl halides is 3. The number of aromatic nitrogens is 2. The van der Waals surface area contributed by atoms with Gasteiger partial charge in [-0.2, -0.15) is 13.2 Å². The van der Waals surface area contributed by atoms with Crippen LogP contribution in [0.2, 0.25) is 0 Å². The maximum absolute atomic E-state index is 12.8. The summed E-state index contributed by atoms with van der Waals surface area (Å²) in [7, 11) is 0. The molecule has 2 rings (SSSR count). The van der Waals surface area contributed by atoms with Gasteiger partial charge in [0.15, 0.2) is 5.69 Å². The number of imidazole rings is 1. The van der Waals surface area contributed by atoms with Gasteiger partial charge in [-0.1, -0.05) is 11.2 Å². The van der Waals surface area contributed by atoms with Gasteiger partial charge >= 0.3 is 6.18 Å². The Bertz CT molecular complexity index is 594. The van der Waals surface area contributed by atoms with Crippen LogP contribution in [-0.2, 0) is 12.7 Å². The molecule has 5 nitrogen and oxygen atoms in total. The lowest BCUT2D eigenvalue weighted by Crippen LogP contribution is -2.11. The molecule has 0 aliphatic heterocycles. The van der Waals surface area contributed by atoms with E-state index in [0.29, 0.717) is 0 Å². The fraction of sp³-hybridized carbons (Fsp3) is 0.222. The van der Waals surface area contributed by atoms with Crippen LogP contribution in [0.1, 0.15) is 11.4 Å². The number of pyridine rings is 1. The highest BCUT2D eigenvalue weighted by molar-refractivity contribution is 5.44. The van der Waals surface area contributed by atoms with E-state index in [4.69, 9.17) is 5.53 Å². The summed E-state index contributed by atoms with van der Waals surface area (Å²) in [5.74, 6) is 0. The zero-order chi connectivity index (χ0) is 12.5. The molecule has 0 bridgehead atoms. The molecule has 0 fully saturated rings. The van der Waals surface area contributed by atoms with E-state index in [1.807, 2.05) is 0 Å². The first-order valence-electron chi connectivity index (χ1n) is 4.58. The Kier molecular flexibility index (Phi) is 2.64. The molecule has 2 aromatic heterocycles. The van der Waals surface area contributed by atoms with Crippen LogP contribution in [0.4, 0.5) is 13.2 Å². The Morgan fingerprint density at radius 3 is 2.82 bits per heavy atom. The van der Waals surface area contributed by atoms with E-state index >= 15 is 0 Å². The quantitative estimate of drug-likeness (QED) is 0.452. The van der Waals surface area contributed by atoms with Gasteiger partial charge in [0.25, 0.3) is 0 Å². The Hall–Kier alpha value is -2.21. The van der Waals surface area contributed by atoms with Gasteiger partial charge in [0.1, 0.15) is 5.65 Å². The average Bonchev–Trinajstić information content (AvgIpc) is 2.63. The number of fused-ring (bicyclic) bond motifs is 1. The SMILES string of the molecule is [N-]=[N+]=NCc1nc2ccccn2c1C(F)(F)F. The molecule has 0 radical (unpaired) electrons. The minimum absolute atomic E-state index is 0.169. The van der Waals surface area contributed by atoms with Crippen molar-refractivity contribution in [2.75, 3.05) is 0 Å². The highest BCUT2D eigenvalue weighted by Crippen LogP contribution is 2.32. The predicted octanol–water partition coefficient (Wildman–Crippen LogP) is 3.16. The lowest BCUT2D eigenvalue weighted by atomic mass is 10.3. The number of nitrogens with zero attached hydrogens (tertiary/aromatic N) is 5. The summed E-state index contributed by atoms with van der Waals surface area (Å²) in [6.07, 6.45) is -3.27. The second-order valence-electron chi connectivity index (χ2n) is 3.22. The third-order valence-electron chi connectivity index (χ3n) is 2.15. The third-order valence-corrected chi connectivity index (χ3v) is 2.15. The van der Waals surface area contributed by atoms with Crippen LogP contribution in [0, 0.1) is 0 Å². The Labute approximate surface area is 93.1 Å². The Balaban J connectivity index is 2.69. The molecular formula is C9H6F3N5. The molecule has 0 aliphatic carbocycles. The fourth-order valence-corrected chi connectivity index (χ4v) is 1.55. The van der Waals surface area contributed by atoms with Crippen LogP contribution >= 0.6 is 0 Å². The summed E-state index contributed by atoms with van der Waals surface area (Å²) in [5.41, 5.74) is 7.13. The smallest absolute Gasteiger partial charge is 0.296 e. The largest absolute Gasteiger partial charge is 0.433 e. The Morgan fingerprint density at radius 1 is 1.41 bits per heavy atom. The van der Waals surface area contributed by atoms with Gasteiger partial charge in [-0.05, 0) is 17.7 Å². The van der Waals surface area contributed by atoms with Crippen LogP contribution in [-0.4, -0.2) is 9.38 Å². The molecule has 0 atom stereocenters. The molecule has 0 amide bonds. The molecule has 0 aliphatic rings. The summed E-state index contributed by atoms with van der Waals surface area (Å²) in [5, 5.41) is 3.12. The van der Waals surface area contributed by atoms with Gasteiger partial charge in [0.2, 0.25) is 0 Å². The maximum atomic E-state index is 12.8. The highest BCUT2D eigenvalue weighted by atomic mass is 19.4. The standard InChI is InChI=1S/C9H6F3N5/c10-9(11,12)8-6(5-14-16-13)15-7-3-1-2-4-17(7)8/h1-4H,5H2. The second kappa shape index (κ2) is 3.99. The summed E-state index contributed by atoms with van der Waals surface area (Å²) in [4.78, 5) is 6.23. The lowest BCUT2D eigenvalue weighted by molar-refractivity contribution is -0.142. The van der Waals surface area contributed by atoms with Gasteiger partial charge in [0.05, 0.1) is 12.2 Å². The zero-order valence-corrected chi connectivity index (χ0v) is 8.39. The van der Waals surface area contributed by atoms with Crippen molar-refractivity contribution in [1.82, 2.24) is 9.38 Å². The summed E-state index contributed by atoms with van der Waals surface area (Å²) < 4.78 is 39.5. The van der Waals surface area contributed by atoms with E-state index in [-0.39, 0.29) is 11.3 Å². The number of halogens is 3. The molecule has 0 unspecified atom stereocenters. The van der Waals surface area contributed by atoms with E-state index in [0.717, 1.165) is 4.40 Å². The maximum Gasteiger partial charge on any atom is 0.433 e. The highest BCUT2D eigenvalue weighted by Gasteiger charge is 2.37. The van der Waals surface area contributed by atoms with E-state index < -0.39 is 18.4 Å². The number of hydrogen-bond acceptors (Lipinski definition) is 2. The van der Waals surface area contributed by atoms with E-state index in [2.05, 4.69) is 15.0 Å². The fourth-order valence-electron chi connectivity index (χ4n) is 1.55. The first-order valence-corrected chi connectivity index (χ1v) is 4.58. The molecule has 0 saturated heterocycles. The summed E-state index contributed by atoms with van der Waals surface area (Å²) in [6, 6.07) is 4.51. The predicted molar refractivity (Wildman–Crippen MR) is 53.0 cm³/mol. The Morgan fingerprint density at radius 2 is 2.18 bits per heavy atom. The van der Waals surface area contributed by atoms with Gasteiger partial charge in [-0.25, -0.2) is 4.98 Å². The van der Waals surface area contributed by atoms with Crippen LogP contribution in [0.25, 0.3) is 16.1 Å². The average molecular weight is 241 g/mol. The van der Waals surface area contributed by atoms with Crippen molar-refractivity contribution in [3.63, 3.8) is 0 Å². The lowest BCUT2D eigenvalue weighted by Gasteiger charge is -2.07. The topological polar surface area (TPSA) is 66.1 Å². The number of rotatable bonds is 2.